The Labute approximate surface area is 144 Å². The van der Waals surface area contributed by atoms with E-state index in [1.165, 1.54) is 11.1 Å². The summed E-state index contributed by atoms with van der Waals surface area (Å²) < 4.78 is 5.58. The van der Waals surface area contributed by atoms with Crippen LogP contribution in [0, 0.1) is 11.8 Å². The van der Waals surface area contributed by atoms with Crippen LogP contribution in [0.2, 0.25) is 0 Å². The van der Waals surface area contributed by atoms with E-state index in [1.54, 1.807) is 0 Å². The quantitative estimate of drug-likeness (QED) is 0.904. The summed E-state index contributed by atoms with van der Waals surface area (Å²) in [4.78, 5) is 14.4. The van der Waals surface area contributed by atoms with Crippen molar-refractivity contribution < 1.29 is 9.53 Å². The molecule has 0 spiro atoms. The van der Waals surface area contributed by atoms with Gasteiger partial charge in [0.1, 0.15) is 5.75 Å². The number of likely N-dealkylation sites (tertiary alicyclic amines) is 1. The zero-order chi connectivity index (χ0) is 16.5. The summed E-state index contributed by atoms with van der Waals surface area (Å²) in [5.41, 5.74) is 2.68. The lowest BCUT2D eigenvalue weighted by Crippen LogP contribution is -2.51. The lowest BCUT2D eigenvalue weighted by Gasteiger charge is -2.39. The van der Waals surface area contributed by atoms with Crippen LogP contribution in [0.4, 0.5) is 0 Å². The highest BCUT2D eigenvalue weighted by Crippen LogP contribution is 2.33. The van der Waals surface area contributed by atoms with E-state index >= 15 is 0 Å². The lowest BCUT2D eigenvalue weighted by atomic mass is 9.89. The second kappa shape index (κ2) is 6.75. The van der Waals surface area contributed by atoms with Crippen molar-refractivity contribution in [2.45, 2.75) is 51.6 Å². The number of carbonyl (C=O) groups excluding carboxylic acids is 1. The summed E-state index contributed by atoms with van der Waals surface area (Å²) in [5, 5.41) is 3.76. The first kappa shape index (κ1) is 15.9. The molecule has 1 aromatic carbocycles. The van der Waals surface area contributed by atoms with Crippen LogP contribution in [0.5, 0.6) is 5.75 Å². The van der Waals surface area contributed by atoms with Gasteiger partial charge in [0.15, 0.2) is 0 Å². The molecule has 3 aliphatic rings. The predicted molar refractivity (Wildman–Crippen MR) is 94.0 cm³/mol. The molecular weight excluding hydrogens is 300 g/mol. The zero-order valence-corrected chi connectivity index (χ0v) is 14.6. The van der Waals surface area contributed by atoms with Crippen molar-refractivity contribution in [1.29, 1.82) is 0 Å². The van der Waals surface area contributed by atoms with Gasteiger partial charge in [-0.15, -0.1) is 0 Å². The van der Waals surface area contributed by atoms with Crippen molar-refractivity contribution in [2.24, 2.45) is 11.8 Å². The Morgan fingerprint density at radius 3 is 3.00 bits per heavy atom. The summed E-state index contributed by atoms with van der Waals surface area (Å²) in [5.74, 6) is 2.38. The third-order valence-corrected chi connectivity index (χ3v) is 5.82. The number of fused-ring (bicyclic) bond motifs is 1. The molecule has 1 saturated heterocycles. The third-order valence-electron chi connectivity index (χ3n) is 5.82. The molecule has 2 heterocycles. The number of benzene rings is 1. The van der Waals surface area contributed by atoms with Gasteiger partial charge in [-0.1, -0.05) is 25.5 Å². The third kappa shape index (κ3) is 3.30. The fourth-order valence-corrected chi connectivity index (χ4v) is 4.10. The molecule has 4 heteroatoms. The second-order valence-electron chi connectivity index (χ2n) is 7.54. The van der Waals surface area contributed by atoms with Crippen LogP contribution in [0.25, 0.3) is 0 Å². The Morgan fingerprint density at radius 2 is 2.21 bits per heavy atom. The summed E-state index contributed by atoms with van der Waals surface area (Å²) in [7, 11) is 0. The molecule has 2 aliphatic heterocycles. The van der Waals surface area contributed by atoms with Crippen molar-refractivity contribution in [1.82, 2.24) is 10.2 Å². The Bertz CT molecular complexity index is 612. The van der Waals surface area contributed by atoms with Crippen LogP contribution in [-0.2, 0) is 17.8 Å². The molecule has 4 nitrogen and oxygen atoms in total. The van der Waals surface area contributed by atoms with E-state index in [1.807, 2.05) is 0 Å². The molecular formula is C20H28N2O2. The first-order valence-corrected chi connectivity index (χ1v) is 9.51. The van der Waals surface area contributed by atoms with Gasteiger partial charge in [0, 0.05) is 38.0 Å². The van der Waals surface area contributed by atoms with Gasteiger partial charge in [0.05, 0.1) is 6.61 Å². The normalized spacial score (nSPS) is 26.1. The fourth-order valence-electron chi connectivity index (χ4n) is 4.10. The average Bonchev–Trinajstić information content (AvgIpc) is 3.36. The summed E-state index contributed by atoms with van der Waals surface area (Å²) in [6.45, 7) is 5.82. The Kier molecular flexibility index (Phi) is 4.49. The maximum absolute atomic E-state index is 12.3. The minimum Gasteiger partial charge on any atom is -0.493 e. The smallest absolute Gasteiger partial charge is 0.225 e. The predicted octanol–water partition coefficient (Wildman–Crippen LogP) is 2.75. The highest BCUT2D eigenvalue weighted by molar-refractivity contribution is 5.81. The molecule has 130 valence electrons. The molecule has 0 radical (unpaired) electrons. The molecule has 2 fully saturated rings. The van der Waals surface area contributed by atoms with Gasteiger partial charge in [-0.2, -0.15) is 0 Å². The molecule has 1 aliphatic carbocycles. The fraction of sp³-hybridized carbons (Fsp3) is 0.650. The maximum Gasteiger partial charge on any atom is 0.225 e. The molecule has 2 atom stereocenters. The van der Waals surface area contributed by atoms with E-state index in [9.17, 15) is 4.79 Å². The Morgan fingerprint density at radius 1 is 1.33 bits per heavy atom. The molecule has 1 aromatic rings. The number of rotatable bonds is 5. The van der Waals surface area contributed by atoms with Gasteiger partial charge in [-0.3, -0.25) is 4.79 Å². The molecule has 1 N–H and O–H groups in total. The van der Waals surface area contributed by atoms with Crippen LogP contribution in [-0.4, -0.2) is 36.5 Å². The molecule has 4 rings (SSSR count). The molecule has 1 saturated carbocycles. The number of hydrogen-bond donors (Lipinski definition) is 1. The van der Waals surface area contributed by atoms with Gasteiger partial charge in [-0.05, 0) is 42.4 Å². The average molecular weight is 328 g/mol. The van der Waals surface area contributed by atoms with Crippen molar-refractivity contribution >= 4 is 5.91 Å². The molecule has 1 amide bonds. The summed E-state index contributed by atoms with van der Waals surface area (Å²) in [6, 6.07) is 7.07. The number of carbonyl (C=O) groups is 1. The molecule has 24 heavy (non-hydrogen) atoms. The second-order valence-corrected chi connectivity index (χ2v) is 7.54. The lowest BCUT2D eigenvalue weighted by molar-refractivity contribution is -0.134. The Hall–Kier alpha value is -1.55. The number of ether oxygens (including phenoxy) is 1. The van der Waals surface area contributed by atoms with Crippen LogP contribution >= 0.6 is 0 Å². The number of nitrogens with zero attached hydrogens (tertiary/aromatic N) is 1. The van der Waals surface area contributed by atoms with Crippen LogP contribution in [0.15, 0.2) is 18.2 Å². The summed E-state index contributed by atoms with van der Waals surface area (Å²) >= 11 is 0. The van der Waals surface area contributed by atoms with E-state index in [0.717, 1.165) is 64.1 Å². The van der Waals surface area contributed by atoms with Crippen molar-refractivity contribution in [3.63, 3.8) is 0 Å². The van der Waals surface area contributed by atoms with Crippen LogP contribution < -0.4 is 10.1 Å². The van der Waals surface area contributed by atoms with Gasteiger partial charge >= 0.3 is 0 Å². The number of amides is 1. The number of nitrogens with one attached hydrogen (secondary N) is 1. The largest absolute Gasteiger partial charge is 0.493 e. The van der Waals surface area contributed by atoms with Crippen LogP contribution in [0.1, 0.15) is 43.7 Å². The van der Waals surface area contributed by atoms with Gasteiger partial charge in [0.25, 0.3) is 0 Å². The monoisotopic (exact) mass is 328 g/mol. The van der Waals surface area contributed by atoms with E-state index in [2.05, 4.69) is 35.3 Å². The minimum atomic E-state index is 0.348. The van der Waals surface area contributed by atoms with Gasteiger partial charge in [-0.25, -0.2) is 0 Å². The molecule has 0 bridgehead atoms. The standard InChI is InChI=1S/C20H28N2O2/c1-2-15-13-22(20(23)16-4-5-16)9-7-18(15)21-12-14-3-6-19-17(11-14)8-10-24-19/h3,6,11,15-16,18,21H,2,4-5,7-10,12-13H2,1H3/t15-,18-/m0/s1. The Balaban J connectivity index is 1.33. The zero-order valence-electron chi connectivity index (χ0n) is 14.6. The molecule has 0 unspecified atom stereocenters. The van der Waals surface area contributed by atoms with E-state index < -0.39 is 0 Å². The van der Waals surface area contributed by atoms with E-state index in [0.29, 0.717) is 23.8 Å². The SMILES string of the molecule is CC[C@H]1CN(C(=O)C2CC2)CC[C@@H]1NCc1ccc2c(c1)CCO2. The first-order chi connectivity index (χ1) is 11.7. The number of hydrogen-bond acceptors (Lipinski definition) is 3. The molecule has 0 aromatic heterocycles. The summed E-state index contributed by atoms with van der Waals surface area (Å²) in [6.07, 6.45) is 5.45. The van der Waals surface area contributed by atoms with Crippen molar-refractivity contribution in [2.75, 3.05) is 19.7 Å². The van der Waals surface area contributed by atoms with Gasteiger partial charge in [0.2, 0.25) is 5.91 Å². The van der Waals surface area contributed by atoms with E-state index in [4.69, 9.17) is 4.74 Å². The highest BCUT2D eigenvalue weighted by atomic mass is 16.5. The number of piperidine rings is 1. The topological polar surface area (TPSA) is 41.6 Å². The highest BCUT2D eigenvalue weighted by Gasteiger charge is 2.37. The minimum absolute atomic E-state index is 0.348. The first-order valence-electron chi connectivity index (χ1n) is 9.51. The van der Waals surface area contributed by atoms with Crippen molar-refractivity contribution in [3.8, 4) is 5.75 Å². The van der Waals surface area contributed by atoms with E-state index in [-0.39, 0.29) is 0 Å². The van der Waals surface area contributed by atoms with Gasteiger partial charge < -0.3 is 15.0 Å². The van der Waals surface area contributed by atoms with Crippen LogP contribution in [0.3, 0.4) is 0 Å². The maximum atomic E-state index is 12.3. The van der Waals surface area contributed by atoms with Crippen molar-refractivity contribution in [3.05, 3.63) is 29.3 Å².